The van der Waals surface area contributed by atoms with Crippen molar-refractivity contribution in [2.75, 3.05) is 19.7 Å². The summed E-state index contributed by atoms with van der Waals surface area (Å²) in [6.45, 7) is 6.53. The molecule has 2 atom stereocenters. The first-order valence-electron chi connectivity index (χ1n) is 6.45. The molecule has 1 fully saturated rings. The number of hydrogen-bond donors (Lipinski definition) is 2. The zero-order chi connectivity index (χ0) is 13.0. The van der Waals surface area contributed by atoms with Crippen LogP contribution in [0.1, 0.15) is 24.2 Å². The second kappa shape index (κ2) is 5.87. The van der Waals surface area contributed by atoms with E-state index >= 15 is 0 Å². The Balaban J connectivity index is 1.96. The summed E-state index contributed by atoms with van der Waals surface area (Å²) >= 11 is 0. The van der Waals surface area contributed by atoms with Crippen molar-refractivity contribution in [1.82, 2.24) is 10.6 Å². The number of carbonyl (C=O) groups excluding carboxylic acids is 1. The van der Waals surface area contributed by atoms with Gasteiger partial charge in [0, 0.05) is 18.2 Å². The molecule has 0 bridgehead atoms. The van der Waals surface area contributed by atoms with Gasteiger partial charge in [-0.25, -0.2) is 0 Å². The molecule has 4 nitrogen and oxygen atoms in total. The van der Waals surface area contributed by atoms with Crippen molar-refractivity contribution in [3.05, 3.63) is 29.8 Å². The highest BCUT2D eigenvalue weighted by Gasteiger charge is 2.24. The molecular formula is C14H20N2O2. The van der Waals surface area contributed by atoms with Gasteiger partial charge in [-0.1, -0.05) is 6.92 Å². The van der Waals surface area contributed by atoms with Crippen molar-refractivity contribution in [3.63, 3.8) is 0 Å². The predicted molar refractivity (Wildman–Crippen MR) is 70.9 cm³/mol. The van der Waals surface area contributed by atoms with Crippen LogP contribution in [-0.2, 0) is 0 Å². The van der Waals surface area contributed by atoms with E-state index < -0.39 is 0 Å². The minimum Gasteiger partial charge on any atom is -0.494 e. The van der Waals surface area contributed by atoms with Gasteiger partial charge in [0.05, 0.1) is 6.61 Å². The summed E-state index contributed by atoms with van der Waals surface area (Å²) in [4.78, 5) is 12.0. The molecule has 1 aromatic rings. The third-order valence-corrected chi connectivity index (χ3v) is 3.26. The van der Waals surface area contributed by atoms with Crippen LogP contribution >= 0.6 is 0 Å². The van der Waals surface area contributed by atoms with Crippen LogP contribution in [0.3, 0.4) is 0 Å². The van der Waals surface area contributed by atoms with Gasteiger partial charge in [0.15, 0.2) is 0 Å². The average molecular weight is 248 g/mol. The van der Waals surface area contributed by atoms with Gasteiger partial charge in [-0.15, -0.1) is 0 Å². The average Bonchev–Trinajstić information content (AvgIpc) is 2.76. The molecule has 18 heavy (non-hydrogen) atoms. The Labute approximate surface area is 108 Å². The molecule has 2 N–H and O–H groups in total. The number of hydrogen-bond acceptors (Lipinski definition) is 3. The molecule has 98 valence electrons. The highest BCUT2D eigenvalue weighted by Crippen LogP contribution is 2.13. The van der Waals surface area contributed by atoms with E-state index in [1.54, 1.807) is 12.1 Å². The molecule has 1 aromatic carbocycles. The minimum atomic E-state index is -0.0152. The smallest absolute Gasteiger partial charge is 0.251 e. The van der Waals surface area contributed by atoms with Crippen LogP contribution in [0.25, 0.3) is 0 Å². The molecular weight excluding hydrogens is 228 g/mol. The van der Waals surface area contributed by atoms with Crippen LogP contribution in [0.2, 0.25) is 0 Å². The Hall–Kier alpha value is -1.55. The van der Waals surface area contributed by atoms with Gasteiger partial charge in [0.25, 0.3) is 5.91 Å². The van der Waals surface area contributed by atoms with Crippen molar-refractivity contribution < 1.29 is 9.53 Å². The van der Waals surface area contributed by atoms with Crippen LogP contribution in [-0.4, -0.2) is 31.6 Å². The number of rotatable bonds is 4. The lowest BCUT2D eigenvalue weighted by molar-refractivity contribution is 0.0933. The van der Waals surface area contributed by atoms with Gasteiger partial charge in [0.2, 0.25) is 0 Å². The molecule has 1 aliphatic heterocycles. The number of nitrogens with one attached hydrogen (secondary N) is 2. The summed E-state index contributed by atoms with van der Waals surface area (Å²) < 4.78 is 5.35. The number of ether oxygens (including phenoxy) is 1. The Morgan fingerprint density at radius 1 is 1.39 bits per heavy atom. The lowest BCUT2D eigenvalue weighted by Gasteiger charge is -2.16. The quantitative estimate of drug-likeness (QED) is 0.847. The first-order valence-corrected chi connectivity index (χ1v) is 6.45. The van der Waals surface area contributed by atoms with Crippen molar-refractivity contribution >= 4 is 5.91 Å². The normalized spacial score (nSPS) is 22.8. The fourth-order valence-corrected chi connectivity index (χ4v) is 2.12. The summed E-state index contributed by atoms with van der Waals surface area (Å²) in [6, 6.07) is 7.48. The molecule has 0 spiro atoms. The van der Waals surface area contributed by atoms with E-state index in [1.807, 2.05) is 19.1 Å². The van der Waals surface area contributed by atoms with Gasteiger partial charge in [-0.3, -0.25) is 4.79 Å². The largest absolute Gasteiger partial charge is 0.494 e. The minimum absolute atomic E-state index is 0.0152. The molecule has 1 heterocycles. The summed E-state index contributed by atoms with van der Waals surface area (Å²) in [5.41, 5.74) is 0.678. The van der Waals surface area contributed by atoms with Crippen molar-refractivity contribution in [3.8, 4) is 5.75 Å². The van der Waals surface area contributed by atoms with E-state index in [4.69, 9.17) is 4.74 Å². The molecule has 1 aliphatic rings. The van der Waals surface area contributed by atoms with Crippen molar-refractivity contribution in [2.24, 2.45) is 5.92 Å². The second-order valence-corrected chi connectivity index (χ2v) is 4.67. The summed E-state index contributed by atoms with van der Waals surface area (Å²) in [6.07, 6.45) is 0. The molecule has 4 heteroatoms. The number of carbonyl (C=O) groups is 1. The highest BCUT2D eigenvalue weighted by molar-refractivity contribution is 5.94. The Bertz CT molecular complexity index is 403. The summed E-state index contributed by atoms with van der Waals surface area (Å²) in [7, 11) is 0. The Kier molecular flexibility index (Phi) is 4.20. The molecule has 1 amide bonds. The lowest BCUT2D eigenvalue weighted by atomic mass is 10.1. The zero-order valence-corrected chi connectivity index (χ0v) is 10.9. The topological polar surface area (TPSA) is 50.4 Å². The lowest BCUT2D eigenvalue weighted by Crippen LogP contribution is -2.39. The number of amides is 1. The van der Waals surface area contributed by atoms with E-state index in [0.29, 0.717) is 18.1 Å². The fraction of sp³-hybridized carbons (Fsp3) is 0.500. The standard InChI is InChI=1S/C14H20N2O2/c1-3-18-12-6-4-11(5-7-12)14(17)16-13-9-15-8-10(13)2/h4-7,10,13,15H,3,8-9H2,1-2H3,(H,16,17). The zero-order valence-electron chi connectivity index (χ0n) is 10.9. The third kappa shape index (κ3) is 3.01. The van der Waals surface area contributed by atoms with E-state index in [1.165, 1.54) is 0 Å². The molecule has 2 unspecified atom stereocenters. The maximum Gasteiger partial charge on any atom is 0.251 e. The van der Waals surface area contributed by atoms with Crippen molar-refractivity contribution in [2.45, 2.75) is 19.9 Å². The first kappa shape index (κ1) is 12.9. The van der Waals surface area contributed by atoms with E-state index in [9.17, 15) is 4.79 Å². The van der Waals surface area contributed by atoms with Gasteiger partial charge in [-0.2, -0.15) is 0 Å². The molecule has 0 aromatic heterocycles. The van der Waals surface area contributed by atoms with Crippen LogP contribution in [0.15, 0.2) is 24.3 Å². The maximum atomic E-state index is 12.0. The summed E-state index contributed by atoms with van der Waals surface area (Å²) in [5.74, 6) is 1.26. The predicted octanol–water partition coefficient (Wildman–Crippen LogP) is 1.42. The SMILES string of the molecule is CCOc1ccc(C(=O)NC2CNCC2C)cc1. The van der Waals surface area contributed by atoms with Gasteiger partial charge < -0.3 is 15.4 Å². The molecule has 2 rings (SSSR count). The van der Waals surface area contributed by atoms with Gasteiger partial charge >= 0.3 is 0 Å². The van der Waals surface area contributed by atoms with Gasteiger partial charge in [-0.05, 0) is 43.7 Å². The van der Waals surface area contributed by atoms with Crippen LogP contribution in [0.4, 0.5) is 0 Å². The second-order valence-electron chi connectivity index (χ2n) is 4.67. The van der Waals surface area contributed by atoms with Crippen LogP contribution in [0, 0.1) is 5.92 Å². The maximum absolute atomic E-state index is 12.0. The molecule has 0 aliphatic carbocycles. The molecule has 1 saturated heterocycles. The van der Waals surface area contributed by atoms with Crippen LogP contribution < -0.4 is 15.4 Å². The molecule has 0 radical (unpaired) electrons. The van der Waals surface area contributed by atoms with Crippen molar-refractivity contribution in [1.29, 1.82) is 0 Å². The van der Waals surface area contributed by atoms with Gasteiger partial charge in [0.1, 0.15) is 5.75 Å². The Morgan fingerprint density at radius 3 is 2.67 bits per heavy atom. The third-order valence-electron chi connectivity index (χ3n) is 3.26. The van der Waals surface area contributed by atoms with E-state index in [0.717, 1.165) is 18.8 Å². The monoisotopic (exact) mass is 248 g/mol. The van der Waals surface area contributed by atoms with E-state index in [-0.39, 0.29) is 11.9 Å². The van der Waals surface area contributed by atoms with Crippen LogP contribution in [0.5, 0.6) is 5.75 Å². The summed E-state index contributed by atoms with van der Waals surface area (Å²) in [5, 5.41) is 6.32. The highest BCUT2D eigenvalue weighted by atomic mass is 16.5. The van der Waals surface area contributed by atoms with E-state index in [2.05, 4.69) is 17.6 Å². The molecule has 0 saturated carbocycles. The first-order chi connectivity index (χ1) is 8.70. The fourth-order valence-electron chi connectivity index (χ4n) is 2.12. The Morgan fingerprint density at radius 2 is 2.11 bits per heavy atom. The number of benzene rings is 1.